The van der Waals surface area contributed by atoms with Crippen LogP contribution >= 0.6 is 11.8 Å². The van der Waals surface area contributed by atoms with Crippen LogP contribution in [0.15, 0.2) is 23.4 Å². The Morgan fingerprint density at radius 1 is 1.54 bits per heavy atom. The number of rotatable bonds is 6. The molecule has 0 bridgehead atoms. The second-order valence-electron chi connectivity index (χ2n) is 5.27. The van der Waals surface area contributed by atoms with Gasteiger partial charge in [0.05, 0.1) is 30.2 Å². The Hall–Kier alpha value is -3.15. The third-order valence-corrected chi connectivity index (χ3v) is 4.21. The summed E-state index contributed by atoms with van der Waals surface area (Å²) in [6.45, 7) is 0. The van der Waals surface area contributed by atoms with Gasteiger partial charge in [0.15, 0.2) is 0 Å². The summed E-state index contributed by atoms with van der Waals surface area (Å²) in [5, 5.41) is 20.6. The first-order valence-corrected chi connectivity index (χ1v) is 8.59. The number of amides is 2. The predicted octanol–water partition coefficient (Wildman–Crippen LogP) is 1.44. The predicted molar refractivity (Wildman–Crippen MR) is 92.4 cm³/mol. The van der Waals surface area contributed by atoms with Gasteiger partial charge in [0.25, 0.3) is 11.6 Å². The second kappa shape index (κ2) is 7.00. The normalized spacial score (nSPS) is 15.3. The van der Waals surface area contributed by atoms with Gasteiger partial charge in [0.2, 0.25) is 17.0 Å². The molecular formula is C14H14N6O5S. The Bertz CT molecular complexity index is 898. The molecule has 0 saturated heterocycles. The number of anilines is 2. The highest BCUT2D eigenvalue weighted by molar-refractivity contribution is 7.98. The summed E-state index contributed by atoms with van der Waals surface area (Å²) in [5.74, 6) is -0.399. The lowest BCUT2D eigenvalue weighted by atomic mass is 10.2. The molecule has 1 atom stereocenters. The molecule has 26 heavy (non-hydrogen) atoms. The van der Waals surface area contributed by atoms with E-state index in [2.05, 4.69) is 20.7 Å². The molecule has 2 N–H and O–H groups in total. The van der Waals surface area contributed by atoms with Crippen molar-refractivity contribution in [3.8, 4) is 5.75 Å². The van der Waals surface area contributed by atoms with Crippen LogP contribution in [-0.2, 0) is 9.59 Å². The molecule has 0 radical (unpaired) electrons. The number of carbonyl (C=O) groups excluding carboxylic acids is 2. The van der Waals surface area contributed by atoms with E-state index in [4.69, 9.17) is 4.74 Å². The number of nitrogens with one attached hydrogen (secondary N) is 2. The van der Waals surface area contributed by atoms with Crippen LogP contribution in [0.25, 0.3) is 0 Å². The number of nitro benzene ring substituents is 1. The Morgan fingerprint density at radius 3 is 2.96 bits per heavy atom. The average Bonchev–Trinajstić information content (AvgIpc) is 3.13. The summed E-state index contributed by atoms with van der Waals surface area (Å²) in [4.78, 5) is 38.7. The highest BCUT2D eigenvalue weighted by atomic mass is 32.2. The van der Waals surface area contributed by atoms with E-state index in [9.17, 15) is 19.7 Å². The van der Waals surface area contributed by atoms with E-state index >= 15 is 0 Å². The molecule has 0 fully saturated rings. The van der Waals surface area contributed by atoms with Crippen molar-refractivity contribution in [3.05, 3.63) is 28.3 Å². The largest absolute Gasteiger partial charge is 0.494 e. The van der Waals surface area contributed by atoms with Crippen LogP contribution in [0.1, 0.15) is 12.5 Å². The van der Waals surface area contributed by atoms with Crippen molar-refractivity contribution in [2.45, 2.75) is 17.6 Å². The van der Waals surface area contributed by atoms with Gasteiger partial charge in [-0.25, -0.2) is 4.68 Å². The van der Waals surface area contributed by atoms with E-state index in [1.54, 1.807) is 6.26 Å². The van der Waals surface area contributed by atoms with Crippen LogP contribution in [0.2, 0.25) is 0 Å². The fourth-order valence-corrected chi connectivity index (χ4v) is 2.80. The van der Waals surface area contributed by atoms with Crippen molar-refractivity contribution >= 4 is 40.9 Å². The number of thioether (sulfide) groups is 1. The molecule has 2 heterocycles. The molecule has 1 unspecified atom stereocenters. The SMILES string of the molecule is COc1cc([N+](=O)[O-])ccc1NC(=O)CC1C(=O)Nc2nc(SC)nn21. The first kappa shape index (κ1) is 17.7. The number of methoxy groups -OCH3 is 1. The molecule has 2 aromatic rings. The standard InChI is InChI=1S/C14H14N6O5S/c1-25-10-5-7(20(23)24)3-4-8(10)15-11(21)6-9-12(22)16-13-17-14(26-2)18-19(9)13/h3-5,9H,6H2,1-2H3,(H,15,21)(H,16,17,18,22). The summed E-state index contributed by atoms with van der Waals surface area (Å²) >= 11 is 1.32. The molecule has 1 aliphatic heterocycles. The van der Waals surface area contributed by atoms with Gasteiger partial charge < -0.3 is 10.1 Å². The molecular weight excluding hydrogens is 364 g/mol. The van der Waals surface area contributed by atoms with Crippen LogP contribution in [0.4, 0.5) is 17.3 Å². The van der Waals surface area contributed by atoms with Crippen molar-refractivity contribution in [2.75, 3.05) is 24.0 Å². The lowest BCUT2D eigenvalue weighted by Crippen LogP contribution is -2.24. The number of aromatic nitrogens is 3. The minimum Gasteiger partial charge on any atom is -0.494 e. The minimum atomic E-state index is -0.817. The van der Waals surface area contributed by atoms with Crippen LogP contribution in [-0.4, -0.2) is 44.9 Å². The van der Waals surface area contributed by atoms with Crippen LogP contribution in [0.5, 0.6) is 5.75 Å². The molecule has 0 aliphatic carbocycles. The zero-order valence-electron chi connectivity index (χ0n) is 13.8. The fourth-order valence-electron chi connectivity index (χ4n) is 2.45. The van der Waals surface area contributed by atoms with Crippen LogP contribution in [0, 0.1) is 10.1 Å². The lowest BCUT2D eigenvalue weighted by Gasteiger charge is -2.12. The van der Waals surface area contributed by atoms with Crippen molar-refractivity contribution in [1.29, 1.82) is 0 Å². The van der Waals surface area contributed by atoms with Crippen molar-refractivity contribution in [1.82, 2.24) is 14.8 Å². The van der Waals surface area contributed by atoms with Gasteiger partial charge in [-0.1, -0.05) is 11.8 Å². The third kappa shape index (κ3) is 3.31. The monoisotopic (exact) mass is 378 g/mol. The van der Waals surface area contributed by atoms with Gasteiger partial charge in [-0.05, 0) is 12.3 Å². The van der Waals surface area contributed by atoms with E-state index in [1.165, 1.54) is 41.8 Å². The van der Waals surface area contributed by atoms with E-state index in [0.29, 0.717) is 11.1 Å². The number of nitro groups is 1. The number of hydrogen-bond acceptors (Lipinski definition) is 8. The summed E-state index contributed by atoms with van der Waals surface area (Å²) in [5.41, 5.74) is 0.108. The number of hydrogen-bond donors (Lipinski definition) is 2. The lowest BCUT2D eigenvalue weighted by molar-refractivity contribution is -0.384. The Morgan fingerprint density at radius 2 is 2.31 bits per heavy atom. The maximum atomic E-state index is 12.3. The number of ether oxygens (including phenoxy) is 1. The van der Waals surface area contributed by atoms with Gasteiger partial charge in [-0.15, -0.1) is 5.10 Å². The molecule has 1 aromatic carbocycles. The summed E-state index contributed by atoms with van der Waals surface area (Å²) in [7, 11) is 1.34. The topological polar surface area (TPSA) is 141 Å². The van der Waals surface area contributed by atoms with E-state index in [-0.39, 0.29) is 29.5 Å². The maximum absolute atomic E-state index is 12.3. The average molecular weight is 378 g/mol. The molecule has 12 heteroatoms. The molecule has 0 spiro atoms. The highest BCUT2D eigenvalue weighted by Gasteiger charge is 2.35. The second-order valence-corrected chi connectivity index (χ2v) is 6.04. The Kier molecular flexibility index (Phi) is 4.75. The molecule has 136 valence electrons. The van der Waals surface area contributed by atoms with Crippen molar-refractivity contribution in [3.63, 3.8) is 0 Å². The molecule has 0 saturated carbocycles. The summed E-state index contributed by atoms with van der Waals surface area (Å²) in [6, 6.07) is 3.01. The zero-order chi connectivity index (χ0) is 18.8. The number of carbonyl (C=O) groups is 2. The Labute approximate surface area is 151 Å². The van der Waals surface area contributed by atoms with Crippen LogP contribution < -0.4 is 15.4 Å². The van der Waals surface area contributed by atoms with Gasteiger partial charge in [0.1, 0.15) is 11.8 Å². The first-order valence-electron chi connectivity index (χ1n) is 7.36. The number of fused-ring (bicyclic) bond motifs is 1. The van der Waals surface area contributed by atoms with E-state index < -0.39 is 16.9 Å². The molecule has 3 rings (SSSR count). The van der Waals surface area contributed by atoms with Crippen molar-refractivity contribution < 1.29 is 19.2 Å². The summed E-state index contributed by atoms with van der Waals surface area (Å²) in [6.07, 6.45) is 1.63. The van der Waals surface area contributed by atoms with Crippen LogP contribution in [0.3, 0.4) is 0 Å². The van der Waals surface area contributed by atoms with Gasteiger partial charge >= 0.3 is 0 Å². The minimum absolute atomic E-state index is 0.148. The third-order valence-electron chi connectivity index (χ3n) is 3.68. The zero-order valence-corrected chi connectivity index (χ0v) is 14.6. The van der Waals surface area contributed by atoms with Gasteiger partial charge in [0, 0.05) is 6.07 Å². The summed E-state index contributed by atoms with van der Waals surface area (Å²) < 4.78 is 6.45. The first-order chi connectivity index (χ1) is 12.4. The maximum Gasteiger partial charge on any atom is 0.273 e. The van der Waals surface area contributed by atoms with Gasteiger partial charge in [-0.2, -0.15) is 4.98 Å². The smallest absolute Gasteiger partial charge is 0.273 e. The number of benzene rings is 1. The van der Waals surface area contributed by atoms with Gasteiger partial charge in [-0.3, -0.25) is 25.0 Å². The molecule has 1 aromatic heterocycles. The quantitative estimate of drug-likeness (QED) is 0.437. The molecule has 2 amide bonds. The van der Waals surface area contributed by atoms with E-state index in [0.717, 1.165) is 0 Å². The van der Waals surface area contributed by atoms with Crippen molar-refractivity contribution in [2.24, 2.45) is 0 Å². The fraction of sp³-hybridized carbons (Fsp3) is 0.286. The number of nitrogens with zero attached hydrogens (tertiary/aromatic N) is 4. The highest BCUT2D eigenvalue weighted by Crippen LogP contribution is 2.31. The number of non-ortho nitro benzene ring substituents is 1. The Balaban J connectivity index is 1.75. The van der Waals surface area contributed by atoms with E-state index in [1.807, 2.05) is 0 Å². The molecule has 1 aliphatic rings. The molecule has 11 nitrogen and oxygen atoms in total.